The molecule has 0 aliphatic heterocycles. The normalized spacial score (nSPS) is 14.8. The number of phenolic OH excluding ortho intramolecular Hbond substituents is 1. The van der Waals surface area contributed by atoms with Crippen LogP contribution in [-0.4, -0.2) is 63.8 Å². The third-order valence-electron chi connectivity index (χ3n) is 4.58. The number of carboxylic acids is 1. The van der Waals surface area contributed by atoms with Crippen molar-refractivity contribution in [3.63, 3.8) is 0 Å². The lowest BCUT2D eigenvalue weighted by atomic mass is 10.0. The van der Waals surface area contributed by atoms with E-state index in [-0.39, 0.29) is 23.8 Å². The first-order valence-electron chi connectivity index (χ1n) is 9.74. The van der Waals surface area contributed by atoms with Gasteiger partial charge in [-0.3, -0.25) is 14.4 Å². The van der Waals surface area contributed by atoms with Crippen molar-refractivity contribution in [2.45, 2.75) is 51.4 Å². The molecule has 1 aromatic rings. The Hall–Kier alpha value is -2.79. The van der Waals surface area contributed by atoms with Crippen molar-refractivity contribution in [3.05, 3.63) is 29.8 Å². The molecule has 0 bridgehead atoms. The summed E-state index contributed by atoms with van der Waals surface area (Å²) in [7, 11) is 0. The lowest BCUT2D eigenvalue weighted by Gasteiger charge is -2.24. The topological polar surface area (TPSA) is 171 Å². The molecule has 0 saturated heterocycles. The SMILES string of the molecule is CC(NC(=O)C(N)C(C)C)C(=O)NC(Cc1ccc(O)cc1)C(=O)NC(CS)C(=O)O. The molecular weight excluding hydrogens is 424 g/mol. The fourth-order valence-corrected chi connectivity index (χ4v) is 2.76. The average Bonchev–Trinajstić information content (AvgIpc) is 2.71. The third-order valence-corrected chi connectivity index (χ3v) is 4.94. The van der Waals surface area contributed by atoms with E-state index in [0.717, 1.165) is 0 Å². The van der Waals surface area contributed by atoms with E-state index >= 15 is 0 Å². The molecule has 10 nitrogen and oxygen atoms in total. The number of carbonyl (C=O) groups is 4. The van der Waals surface area contributed by atoms with Gasteiger partial charge < -0.3 is 31.9 Å². The van der Waals surface area contributed by atoms with Crippen LogP contribution in [0.4, 0.5) is 0 Å². The maximum atomic E-state index is 12.7. The molecule has 0 saturated carbocycles. The second-order valence-corrected chi connectivity index (χ2v) is 7.88. The van der Waals surface area contributed by atoms with E-state index in [4.69, 9.17) is 10.8 Å². The quantitative estimate of drug-likeness (QED) is 0.219. The van der Waals surface area contributed by atoms with Crippen molar-refractivity contribution in [2.75, 3.05) is 5.75 Å². The molecule has 11 heteroatoms. The highest BCUT2D eigenvalue weighted by Crippen LogP contribution is 2.12. The molecule has 31 heavy (non-hydrogen) atoms. The van der Waals surface area contributed by atoms with Gasteiger partial charge >= 0.3 is 5.97 Å². The van der Waals surface area contributed by atoms with Gasteiger partial charge in [-0.25, -0.2) is 4.79 Å². The molecular formula is C20H30N4O6S. The van der Waals surface area contributed by atoms with Crippen LogP contribution >= 0.6 is 12.6 Å². The summed E-state index contributed by atoms with van der Waals surface area (Å²) < 4.78 is 0. The Morgan fingerprint density at radius 3 is 1.97 bits per heavy atom. The highest BCUT2D eigenvalue weighted by atomic mass is 32.1. The van der Waals surface area contributed by atoms with E-state index in [9.17, 15) is 24.3 Å². The summed E-state index contributed by atoms with van der Waals surface area (Å²) in [4.78, 5) is 48.6. The second-order valence-electron chi connectivity index (χ2n) is 7.51. The number of rotatable bonds is 11. The van der Waals surface area contributed by atoms with Crippen LogP contribution in [0.25, 0.3) is 0 Å². The van der Waals surface area contributed by atoms with Crippen molar-refractivity contribution >= 4 is 36.3 Å². The van der Waals surface area contributed by atoms with Crippen molar-refractivity contribution in [3.8, 4) is 5.75 Å². The largest absolute Gasteiger partial charge is 0.508 e. The van der Waals surface area contributed by atoms with E-state index in [1.54, 1.807) is 26.0 Å². The minimum atomic E-state index is -1.26. The number of aromatic hydroxyl groups is 1. The first-order chi connectivity index (χ1) is 14.5. The van der Waals surface area contributed by atoms with Crippen LogP contribution in [0, 0.1) is 5.92 Å². The number of nitrogens with one attached hydrogen (secondary N) is 3. The number of thiol groups is 1. The van der Waals surface area contributed by atoms with E-state index < -0.39 is 47.9 Å². The molecule has 0 fully saturated rings. The third kappa shape index (κ3) is 8.46. The number of nitrogens with two attached hydrogens (primary N) is 1. The zero-order valence-electron chi connectivity index (χ0n) is 17.7. The molecule has 1 rings (SSSR count). The molecule has 4 atom stereocenters. The van der Waals surface area contributed by atoms with Gasteiger partial charge in [0.2, 0.25) is 17.7 Å². The summed E-state index contributed by atoms with van der Waals surface area (Å²) in [5, 5.41) is 25.9. The standard InChI is InChI=1S/C20H30N4O6S/c1-10(2)16(21)19(28)22-11(3)17(26)23-14(8-12-4-6-13(25)7-5-12)18(27)24-15(9-31)20(29)30/h4-7,10-11,14-16,25,31H,8-9,21H2,1-3H3,(H,22,28)(H,23,26)(H,24,27)(H,29,30). The van der Waals surface area contributed by atoms with Gasteiger partial charge in [0.05, 0.1) is 6.04 Å². The second kappa shape index (κ2) is 12.2. The predicted octanol–water partition coefficient (Wildman–Crippen LogP) is -0.593. The summed E-state index contributed by atoms with van der Waals surface area (Å²) in [6.07, 6.45) is 0.0307. The molecule has 172 valence electrons. The van der Waals surface area contributed by atoms with E-state index in [2.05, 4.69) is 28.6 Å². The minimum Gasteiger partial charge on any atom is -0.508 e. The van der Waals surface area contributed by atoms with Gasteiger partial charge in [0.1, 0.15) is 23.9 Å². The minimum absolute atomic E-state index is 0.0307. The zero-order chi connectivity index (χ0) is 23.7. The van der Waals surface area contributed by atoms with Crippen LogP contribution in [0.15, 0.2) is 24.3 Å². The highest BCUT2D eigenvalue weighted by Gasteiger charge is 2.29. The van der Waals surface area contributed by atoms with Gasteiger partial charge in [0, 0.05) is 12.2 Å². The first-order valence-corrected chi connectivity index (χ1v) is 10.4. The van der Waals surface area contributed by atoms with Gasteiger partial charge in [-0.1, -0.05) is 26.0 Å². The molecule has 7 N–H and O–H groups in total. The van der Waals surface area contributed by atoms with E-state index in [1.807, 2.05) is 0 Å². The Kier molecular flexibility index (Phi) is 10.3. The van der Waals surface area contributed by atoms with Crippen LogP contribution < -0.4 is 21.7 Å². The lowest BCUT2D eigenvalue weighted by Crippen LogP contribution is -2.57. The maximum absolute atomic E-state index is 12.7. The smallest absolute Gasteiger partial charge is 0.327 e. The monoisotopic (exact) mass is 454 g/mol. The Balaban J connectivity index is 2.95. The summed E-state index contributed by atoms with van der Waals surface area (Å²) in [6.45, 7) is 4.99. The van der Waals surface area contributed by atoms with Gasteiger partial charge in [-0.2, -0.15) is 12.6 Å². The van der Waals surface area contributed by atoms with Crippen molar-refractivity contribution in [2.24, 2.45) is 11.7 Å². The summed E-state index contributed by atoms with van der Waals surface area (Å²) in [5.41, 5.74) is 6.40. The maximum Gasteiger partial charge on any atom is 0.327 e. The number of amides is 3. The number of benzene rings is 1. The molecule has 0 spiro atoms. The van der Waals surface area contributed by atoms with Gasteiger partial charge in [-0.05, 0) is 30.5 Å². The van der Waals surface area contributed by atoms with Crippen LogP contribution in [0.5, 0.6) is 5.75 Å². The molecule has 0 heterocycles. The summed E-state index contributed by atoms with van der Waals surface area (Å²) >= 11 is 3.91. The van der Waals surface area contributed by atoms with Crippen LogP contribution in [0.3, 0.4) is 0 Å². The van der Waals surface area contributed by atoms with Gasteiger partial charge in [0.25, 0.3) is 0 Å². The predicted molar refractivity (Wildman–Crippen MR) is 118 cm³/mol. The fourth-order valence-electron chi connectivity index (χ4n) is 2.51. The lowest BCUT2D eigenvalue weighted by molar-refractivity contribution is -0.141. The molecule has 4 unspecified atom stereocenters. The Bertz CT molecular complexity index is 786. The molecule has 0 aliphatic carbocycles. The van der Waals surface area contributed by atoms with E-state index in [0.29, 0.717) is 5.56 Å². The number of hydrogen-bond donors (Lipinski definition) is 7. The summed E-state index contributed by atoms with van der Waals surface area (Å²) in [5.74, 6) is -3.36. The Morgan fingerprint density at radius 1 is 0.935 bits per heavy atom. The van der Waals surface area contributed by atoms with Crippen molar-refractivity contribution in [1.82, 2.24) is 16.0 Å². The average molecular weight is 455 g/mol. The molecule has 0 aliphatic rings. The van der Waals surface area contributed by atoms with Crippen molar-refractivity contribution in [1.29, 1.82) is 0 Å². The number of carboxylic acid groups (broad SMARTS) is 1. The van der Waals surface area contributed by atoms with Gasteiger partial charge in [-0.15, -0.1) is 0 Å². The highest BCUT2D eigenvalue weighted by molar-refractivity contribution is 7.80. The van der Waals surface area contributed by atoms with E-state index in [1.165, 1.54) is 19.1 Å². The van der Waals surface area contributed by atoms with Crippen LogP contribution in [0.2, 0.25) is 0 Å². The molecule has 3 amide bonds. The van der Waals surface area contributed by atoms with Crippen LogP contribution in [0.1, 0.15) is 26.3 Å². The summed E-state index contributed by atoms with van der Waals surface area (Å²) in [6, 6.07) is 1.86. The number of phenols is 1. The fraction of sp³-hybridized carbons (Fsp3) is 0.500. The number of aliphatic carboxylic acids is 1. The van der Waals surface area contributed by atoms with Crippen LogP contribution in [-0.2, 0) is 25.6 Å². The Morgan fingerprint density at radius 2 is 1.48 bits per heavy atom. The van der Waals surface area contributed by atoms with Gasteiger partial charge in [0.15, 0.2) is 0 Å². The molecule has 0 radical (unpaired) electrons. The Labute approximate surface area is 186 Å². The number of carbonyl (C=O) groups excluding carboxylic acids is 3. The molecule has 0 aromatic heterocycles. The first kappa shape index (κ1) is 26.2. The zero-order valence-corrected chi connectivity index (χ0v) is 18.6. The number of hydrogen-bond acceptors (Lipinski definition) is 7. The molecule has 1 aromatic carbocycles. The van der Waals surface area contributed by atoms with Crippen molar-refractivity contribution < 1.29 is 29.4 Å².